The SMILES string of the molecule is CCNCCc1ccccc1COc1cccc(F)c1F. The van der Waals surface area contributed by atoms with Crippen LogP contribution >= 0.6 is 0 Å². The molecule has 0 heterocycles. The molecule has 0 aliphatic carbocycles. The van der Waals surface area contributed by atoms with Gasteiger partial charge in [0.25, 0.3) is 0 Å². The topological polar surface area (TPSA) is 21.3 Å². The zero-order chi connectivity index (χ0) is 15.1. The Kier molecular flexibility index (Phi) is 5.69. The van der Waals surface area contributed by atoms with E-state index < -0.39 is 11.6 Å². The lowest BCUT2D eigenvalue weighted by atomic mass is 10.1. The third-order valence-corrected chi connectivity index (χ3v) is 3.24. The lowest BCUT2D eigenvalue weighted by Crippen LogP contribution is -2.17. The highest BCUT2D eigenvalue weighted by molar-refractivity contribution is 5.29. The molecule has 4 heteroatoms. The summed E-state index contributed by atoms with van der Waals surface area (Å²) in [4.78, 5) is 0. The minimum atomic E-state index is -0.942. The largest absolute Gasteiger partial charge is 0.486 e. The van der Waals surface area contributed by atoms with E-state index in [9.17, 15) is 8.78 Å². The van der Waals surface area contributed by atoms with Crippen LogP contribution in [0.25, 0.3) is 0 Å². The van der Waals surface area contributed by atoms with Gasteiger partial charge in [-0.2, -0.15) is 4.39 Å². The first-order valence-corrected chi connectivity index (χ1v) is 7.06. The van der Waals surface area contributed by atoms with Crippen molar-refractivity contribution in [2.75, 3.05) is 13.1 Å². The normalized spacial score (nSPS) is 10.6. The monoisotopic (exact) mass is 291 g/mol. The molecule has 2 nitrogen and oxygen atoms in total. The summed E-state index contributed by atoms with van der Waals surface area (Å²) in [6, 6.07) is 11.8. The van der Waals surface area contributed by atoms with Gasteiger partial charge in [0, 0.05) is 0 Å². The molecule has 0 amide bonds. The third kappa shape index (κ3) is 4.26. The Balaban J connectivity index is 2.04. The first-order chi connectivity index (χ1) is 10.2. The van der Waals surface area contributed by atoms with Crippen LogP contribution in [-0.2, 0) is 13.0 Å². The number of nitrogens with one attached hydrogen (secondary N) is 1. The van der Waals surface area contributed by atoms with Gasteiger partial charge >= 0.3 is 0 Å². The predicted molar refractivity (Wildman–Crippen MR) is 79.4 cm³/mol. The van der Waals surface area contributed by atoms with Crippen LogP contribution in [0.1, 0.15) is 18.1 Å². The van der Waals surface area contributed by atoms with Crippen LogP contribution in [0.4, 0.5) is 8.78 Å². The van der Waals surface area contributed by atoms with E-state index in [4.69, 9.17) is 4.74 Å². The molecule has 0 spiro atoms. The summed E-state index contributed by atoms with van der Waals surface area (Å²) in [6.45, 7) is 4.08. The molecular weight excluding hydrogens is 272 g/mol. The molecule has 0 saturated heterocycles. The first kappa shape index (κ1) is 15.4. The third-order valence-electron chi connectivity index (χ3n) is 3.24. The highest BCUT2D eigenvalue weighted by atomic mass is 19.2. The van der Waals surface area contributed by atoms with Gasteiger partial charge in [-0.25, -0.2) is 4.39 Å². The molecule has 2 rings (SSSR count). The van der Waals surface area contributed by atoms with E-state index in [1.807, 2.05) is 24.3 Å². The second-order valence-electron chi connectivity index (χ2n) is 4.71. The van der Waals surface area contributed by atoms with E-state index >= 15 is 0 Å². The second kappa shape index (κ2) is 7.74. The number of rotatable bonds is 7. The van der Waals surface area contributed by atoms with E-state index in [1.54, 1.807) is 0 Å². The van der Waals surface area contributed by atoms with Gasteiger partial charge in [0.1, 0.15) is 6.61 Å². The Hall–Kier alpha value is -1.94. The molecule has 2 aromatic rings. The molecule has 0 aromatic heterocycles. The van der Waals surface area contributed by atoms with Gasteiger partial charge in [-0.15, -0.1) is 0 Å². The fourth-order valence-corrected chi connectivity index (χ4v) is 2.09. The molecule has 0 bridgehead atoms. The van der Waals surface area contributed by atoms with Crippen LogP contribution in [0.2, 0.25) is 0 Å². The van der Waals surface area contributed by atoms with Gasteiger partial charge in [-0.3, -0.25) is 0 Å². The van der Waals surface area contributed by atoms with Gasteiger partial charge < -0.3 is 10.1 Å². The molecular formula is C17H19F2NO. The van der Waals surface area contributed by atoms with Crippen LogP contribution in [-0.4, -0.2) is 13.1 Å². The maximum Gasteiger partial charge on any atom is 0.200 e. The number of halogens is 2. The molecule has 0 aliphatic heterocycles. The molecule has 2 aromatic carbocycles. The van der Waals surface area contributed by atoms with Gasteiger partial charge in [0.15, 0.2) is 11.6 Å². The number of benzene rings is 2. The van der Waals surface area contributed by atoms with Crippen molar-refractivity contribution in [2.45, 2.75) is 20.0 Å². The van der Waals surface area contributed by atoms with Crippen LogP contribution in [0.3, 0.4) is 0 Å². The number of hydrogen-bond acceptors (Lipinski definition) is 2. The quantitative estimate of drug-likeness (QED) is 0.785. The van der Waals surface area contributed by atoms with E-state index in [2.05, 4.69) is 12.2 Å². The van der Waals surface area contributed by atoms with Crippen molar-refractivity contribution < 1.29 is 13.5 Å². The molecule has 21 heavy (non-hydrogen) atoms. The molecule has 0 saturated carbocycles. The van der Waals surface area contributed by atoms with Crippen molar-refractivity contribution in [1.29, 1.82) is 0 Å². The van der Waals surface area contributed by atoms with E-state index in [-0.39, 0.29) is 12.4 Å². The maximum absolute atomic E-state index is 13.5. The van der Waals surface area contributed by atoms with Crippen molar-refractivity contribution in [2.24, 2.45) is 0 Å². The summed E-state index contributed by atoms with van der Waals surface area (Å²) in [6.07, 6.45) is 0.874. The van der Waals surface area contributed by atoms with Gasteiger partial charge in [-0.1, -0.05) is 37.3 Å². The lowest BCUT2D eigenvalue weighted by Gasteiger charge is -2.12. The zero-order valence-electron chi connectivity index (χ0n) is 12.0. The van der Waals surface area contributed by atoms with Crippen molar-refractivity contribution >= 4 is 0 Å². The van der Waals surface area contributed by atoms with Crippen LogP contribution < -0.4 is 10.1 Å². The Morgan fingerprint density at radius 2 is 1.76 bits per heavy atom. The Bertz CT molecular complexity index is 587. The van der Waals surface area contributed by atoms with Gasteiger partial charge in [0.05, 0.1) is 0 Å². The van der Waals surface area contributed by atoms with Crippen LogP contribution in [0, 0.1) is 11.6 Å². The Morgan fingerprint density at radius 1 is 1.00 bits per heavy atom. The highest BCUT2D eigenvalue weighted by Crippen LogP contribution is 2.21. The Labute approximate surface area is 123 Å². The van der Waals surface area contributed by atoms with Crippen LogP contribution in [0.15, 0.2) is 42.5 Å². The zero-order valence-corrected chi connectivity index (χ0v) is 12.0. The van der Waals surface area contributed by atoms with Crippen molar-refractivity contribution in [3.8, 4) is 5.75 Å². The summed E-state index contributed by atoms with van der Waals surface area (Å²) in [7, 11) is 0. The fraction of sp³-hybridized carbons (Fsp3) is 0.294. The summed E-state index contributed by atoms with van der Waals surface area (Å²) in [5.74, 6) is -1.90. The molecule has 112 valence electrons. The average molecular weight is 291 g/mol. The summed E-state index contributed by atoms with van der Waals surface area (Å²) >= 11 is 0. The molecule has 0 radical (unpaired) electrons. The minimum Gasteiger partial charge on any atom is -0.486 e. The summed E-state index contributed by atoms with van der Waals surface area (Å²) in [5, 5.41) is 3.26. The van der Waals surface area contributed by atoms with Gasteiger partial charge in [-0.05, 0) is 42.8 Å². The smallest absolute Gasteiger partial charge is 0.200 e. The number of hydrogen-bond donors (Lipinski definition) is 1. The van der Waals surface area contributed by atoms with E-state index in [0.717, 1.165) is 36.7 Å². The van der Waals surface area contributed by atoms with E-state index in [1.165, 1.54) is 12.1 Å². The predicted octanol–water partition coefficient (Wildman–Crippen LogP) is 3.70. The molecule has 0 atom stereocenters. The van der Waals surface area contributed by atoms with E-state index in [0.29, 0.717) is 0 Å². The number of ether oxygens (including phenoxy) is 1. The standard InChI is InChI=1S/C17H19F2NO/c1-2-20-11-10-13-6-3-4-7-14(13)12-21-16-9-5-8-15(18)17(16)19/h3-9,20H,2,10-12H2,1H3. The maximum atomic E-state index is 13.5. The molecule has 1 N–H and O–H groups in total. The van der Waals surface area contributed by atoms with Crippen LogP contribution in [0.5, 0.6) is 5.75 Å². The fourth-order valence-electron chi connectivity index (χ4n) is 2.09. The van der Waals surface area contributed by atoms with Crippen molar-refractivity contribution in [3.05, 3.63) is 65.2 Å². The number of likely N-dealkylation sites (N-methyl/N-ethyl adjacent to an activating group) is 1. The summed E-state index contributed by atoms with van der Waals surface area (Å²) < 4.78 is 32.1. The average Bonchev–Trinajstić information content (AvgIpc) is 2.50. The van der Waals surface area contributed by atoms with Crippen molar-refractivity contribution in [3.63, 3.8) is 0 Å². The lowest BCUT2D eigenvalue weighted by molar-refractivity contribution is 0.283. The molecule has 0 aliphatic rings. The summed E-state index contributed by atoms with van der Waals surface area (Å²) in [5.41, 5.74) is 2.13. The van der Waals surface area contributed by atoms with Gasteiger partial charge in [0.2, 0.25) is 5.82 Å². The molecule has 0 unspecified atom stereocenters. The highest BCUT2D eigenvalue weighted by Gasteiger charge is 2.09. The minimum absolute atomic E-state index is 0.0588. The first-order valence-electron chi connectivity index (χ1n) is 7.06. The second-order valence-corrected chi connectivity index (χ2v) is 4.71. The molecule has 0 fully saturated rings. The van der Waals surface area contributed by atoms with Crippen molar-refractivity contribution in [1.82, 2.24) is 5.32 Å². The Morgan fingerprint density at radius 3 is 2.52 bits per heavy atom.